The van der Waals surface area contributed by atoms with E-state index in [0.717, 1.165) is 12.2 Å². The van der Waals surface area contributed by atoms with Crippen molar-refractivity contribution in [2.75, 3.05) is 20.2 Å². The molecule has 1 heterocycles. The van der Waals surface area contributed by atoms with Crippen LogP contribution in [0.4, 0.5) is 0 Å². The van der Waals surface area contributed by atoms with Crippen molar-refractivity contribution in [1.29, 1.82) is 5.41 Å². The highest BCUT2D eigenvalue weighted by Gasteiger charge is 2.20. The summed E-state index contributed by atoms with van der Waals surface area (Å²) in [7, 11) is 2.16. The van der Waals surface area contributed by atoms with E-state index in [2.05, 4.69) is 11.9 Å². The molecule has 1 aromatic rings. The number of hydrogen-bond donors (Lipinski definition) is 2. The lowest BCUT2D eigenvalue weighted by atomic mass is 10.1. The Morgan fingerprint density at radius 1 is 1.58 bits per heavy atom. The molecule has 3 N–H and O–H groups in total. The fourth-order valence-corrected chi connectivity index (χ4v) is 2.73. The minimum Gasteiger partial charge on any atom is -0.493 e. The second-order valence-electron chi connectivity index (χ2n) is 4.97. The van der Waals surface area contributed by atoms with Crippen LogP contribution < -0.4 is 10.5 Å². The third-order valence-corrected chi connectivity index (χ3v) is 3.93. The maximum Gasteiger partial charge on any atom is 0.124 e. The molecule has 4 nitrogen and oxygen atoms in total. The number of rotatable bonds is 5. The van der Waals surface area contributed by atoms with Gasteiger partial charge in [0, 0.05) is 11.6 Å². The number of hydrogen-bond acceptors (Lipinski definition) is 3. The van der Waals surface area contributed by atoms with Crippen LogP contribution in [-0.4, -0.2) is 37.0 Å². The van der Waals surface area contributed by atoms with Crippen molar-refractivity contribution in [1.82, 2.24) is 4.90 Å². The smallest absolute Gasteiger partial charge is 0.124 e. The molecule has 0 aromatic heterocycles. The number of nitrogens with one attached hydrogen (secondary N) is 1. The van der Waals surface area contributed by atoms with Crippen molar-refractivity contribution < 1.29 is 4.74 Å². The molecule has 1 aliphatic heterocycles. The first-order chi connectivity index (χ1) is 9.08. The van der Waals surface area contributed by atoms with Crippen molar-refractivity contribution in [3.8, 4) is 5.75 Å². The molecule has 0 bridgehead atoms. The highest BCUT2D eigenvalue weighted by Crippen LogP contribution is 2.23. The lowest BCUT2D eigenvalue weighted by Crippen LogP contribution is -2.26. The van der Waals surface area contributed by atoms with Gasteiger partial charge in [-0.2, -0.15) is 0 Å². The SMILES string of the molecule is CN1CCCC1CCOc1ccc(C(=N)N)c(Cl)c1. The third-order valence-electron chi connectivity index (χ3n) is 3.62. The summed E-state index contributed by atoms with van der Waals surface area (Å²) in [5.74, 6) is 0.708. The maximum atomic E-state index is 7.37. The van der Waals surface area contributed by atoms with E-state index in [9.17, 15) is 0 Å². The number of amidine groups is 1. The molecule has 0 spiro atoms. The Balaban J connectivity index is 1.86. The Morgan fingerprint density at radius 2 is 2.37 bits per heavy atom. The van der Waals surface area contributed by atoms with Crippen LogP contribution in [0.2, 0.25) is 5.02 Å². The highest BCUT2D eigenvalue weighted by atomic mass is 35.5. The molecule has 1 fully saturated rings. The van der Waals surface area contributed by atoms with E-state index in [0.29, 0.717) is 23.2 Å². The minimum atomic E-state index is -0.0240. The molecule has 0 amide bonds. The molecule has 1 atom stereocenters. The monoisotopic (exact) mass is 281 g/mol. The molecule has 1 aromatic carbocycles. The lowest BCUT2D eigenvalue weighted by Gasteiger charge is -2.19. The largest absolute Gasteiger partial charge is 0.493 e. The van der Waals surface area contributed by atoms with Gasteiger partial charge in [-0.05, 0) is 51.1 Å². The summed E-state index contributed by atoms with van der Waals surface area (Å²) in [6, 6.07) is 5.88. The van der Waals surface area contributed by atoms with Gasteiger partial charge in [0.25, 0.3) is 0 Å². The highest BCUT2D eigenvalue weighted by molar-refractivity contribution is 6.34. The van der Waals surface area contributed by atoms with Gasteiger partial charge in [0.05, 0.1) is 11.6 Å². The van der Waals surface area contributed by atoms with Crippen molar-refractivity contribution in [3.63, 3.8) is 0 Å². The van der Waals surface area contributed by atoms with Crippen LogP contribution >= 0.6 is 11.6 Å². The molecular weight excluding hydrogens is 262 g/mol. The molecule has 19 heavy (non-hydrogen) atoms. The Kier molecular flexibility index (Phi) is 4.66. The predicted octanol–water partition coefficient (Wildman–Crippen LogP) is 2.49. The van der Waals surface area contributed by atoms with E-state index < -0.39 is 0 Å². The van der Waals surface area contributed by atoms with Crippen LogP contribution in [0.3, 0.4) is 0 Å². The van der Waals surface area contributed by atoms with Gasteiger partial charge in [-0.25, -0.2) is 0 Å². The Morgan fingerprint density at radius 3 is 2.95 bits per heavy atom. The summed E-state index contributed by atoms with van der Waals surface area (Å²) in [6.07, 6.45) is 3.56. The number of likely N-dealkylation sites (tertiary alicyclic amines) is 1. The van der Waals surface area contributed by atoms with E-state index >= 15 is 0 Å². The summed E-state index contributed by atoms with van der Waals surface area (Å²) in [5.41, 5.74) is 5.96. The Labute approximate surface area is 119 Å². The van der Waals surface area contributed by atoms with E-state index in [1.54, 1.807) is 18.2 Å². The standard InChI is InChI=1S/C14H20ClN3O/c1-18-7-2-3-10(18)6-8-19-11-4-5-12(14(16)17)13(15)9-11/h4-5,9-10H,2-3,6-8H2,1H3,(H3,16,17). The number of nitrogens with two attached hydrogens (primary N) is 1. The summed E-state index contributed by atoms with van der Waals surface area (Å²) in [5, 5.41) is 7.83. The van der Waals surface area contributed by atoms with Crippen molar-refractivity contribution in [2.24, 2.45) is 5.73 Å². The van der Waals surface area contributed by atoms with Crippen LogP contribution in [0.25, 0.3) is 0 Å². The number of nitrogens with zero attached hydrogens (tertiary/aromatic N) is 1. The molecule has 1 unspecified atom stereocenters. The number of halogens is 1. The zero-order valence-electron chi connectivity index (χ0n) is 11.2. The van der Waals surface area contributed by atoms with Gasteiger partial charge >= 0.3 is 0 Å². The number of ether oxygens (including phenoxy) is 1. The van der Waals surface area contributed by atoms with Crippen LogP contribution in [-0.2, 0) is 0 Å². The Hall–Kier alpha value is -1.26. The molecule has 104 valence electrons. The molecule has 5 heteroatoms. The average molecular weight is 282 g/mol. The fourth-order valence-electron chi connectivity index (χ4n) is 2.46. The summed E-state index contributed by atoms with van der Waals surface area (Å²) >= 11 is 6.04. The van der Waals surface area contributed by atoms with Gasteiger partial charge in [-0.3, -0.25) is 5.41 Å². The normalized spacial score (nSPS) is 19.6. The molecular formula is C14H20ClN3O. The summed E-state index contributed by atoms with van der Waals surface area (Å²) in [4.78, 5) is 2.38. The second-order valence-corrected chi connectivity index (χ2v) is 5.38. The van der Waals surface area contributed by atoms with Crippen molar-refractivity contribution in [2.45, 2.75) is 25.3 Å². The van der Waals surface area contributed by atoms with Gasteiger partial charge in [0.2, 0.25) is 0 Å². The summed E-state index contributed by atoms with van der Waals surface area (Å²) in [6.45, 7) is 1.87. The summed E-state index contributed by atoms with van der Waals surface area (Å²) < 4.78 is 5.71. The zero-order valence-corrected chi connectivity index (χ0v) is 11.9. The van der Waals surface area contributed by atoms with E-state index in [-0.39, 0.29) is 5.84 Å². The quantitative estimate of drug-likeness (QED) is 0.644. The molecule has 2 rings (SSSR count). The van der Waals surface area contributed by atoms with Gasteiger partial charge < -0.3 is 15.4 Å². The van der Waals surface area contributed by atoms with Crippen LogP contribution in [0.1, 0.15) is 24.8 Å². The van der Waals surface area contributed by atoms with Crippen molar-refractivity contribution >= 4 is 17.4 Å². The first-order valence-corrected chi connectivity index (χ1v) is 6.92. The fraction of sp³-hybridized carbons (Fsp3) is 0.500. The van der Waals surface area contributed by atoms with Crippen LogP contribution in [0, 0.1) is 5.41 Å². The number of benzene rings is 1. The predicted molar refractivity (Wildman–Crippen MR) is 78.2 cm³/mol. The zero-order chi connectivity index (χ0) is 13.8. The van der Waals surface area contributed by atoms with E-state index in [4.69, 9.17) is 27.5 Å². The second kappa shape index (κ2) is 6.26. The van der Waals surface area contributed by atoms with Gasteiger partial charge in [0.1, 0.15) is 11.6 Å². The van der Waals surface area contributed by atoms with E-state index in [1.807, 2.05) is 0 Å². The molecule has 1 aliphatic rings. The van der Waals surface area contributed by atoms with Crippen LogP contribution in [0.5, 0.6) is 5.75 Å². The first-order valence-electron chi connectivity index (χ1n) is 6.55. The van der Waals surface area contributed by atoms with Gasteiger partial charge in [-0.1, -0.05) is 11.6 Å². The number of nitrogen functional groups attached to an aromatic ring is 1. The average Bonchev–Trinajstić information content (AvgIpc) is 2.75. The van der Waals surface area contributed by atoms with Gasteiger partial charge in [0.15, 0.2) is 0 Å². The molecule has 1 saturated heterocycles. The van der Waals surface area contributed by atoms with Gasteiger partial charge in [-0.15, -0.1) is 0 Å². The first kappa shape index (κ1) is 14.2. The molecule has 0 radical (unpaired) electrons. The lowest BCUT2D eigenvalue weighted by molar-refractivity contribution is 0.233. The molecule has 0 saturated carbocycles. The van der Waals surface area contributed by atoms with Crippen molar-refractivity contribution in [3.05, 3.63) is 28.8 Å². The third kappa shape index (κ3) is 3.61. The van der Waals surface area contributed by atoms with Crippen LogP contribution in [0.15, 0.2) is 18.2 Å². The topological polar surface area (TPSA) is 62.3 Å². The van der Waals surface area contributed by atoms with E-state index in [1.165, 1.54) is 19.4 Å². The Bertz CT molecular complexity index is 464. The molecule has 0 aliphatic carbocycles. The maximum absolute atomic E-state index is 7.37. The minimum absolute atomic E-state index is 0.0240.